The fourth-order valence-corrected chi connectivity index (χ4v) is 2.42. The predicted octanol–water partition coefficient (Wildman–Crippen LogP) is 3.45. The SMILES string of the molecule is c1ccc2cc3c(cc2c1)CS3. The van der Waals surface area contributed by atoms with Gasteiger partial charge in [-0.05, 0) is 28.5 Å². The fraction of sp³-hybridized carbons (Fsp3) is 0.0909. The number of hydrogen-bond acceptors (Lipinski definition) is 1. The Morgan fingerprint density at radius 1 is 1.00 bits per heavy atom. The maximum absolute atomic E-state index is 2.31. The van der Waals surface area contributed by atoms with E-state index in [9.17, 15) is 0 Å². The first-order chi connectivity index (χ1) is 5.93. The zero-order chi connectivity index (χ0) is 7.97. The lowest BCUT2D eigenvalue weighted by Gasteiger charge is -2.18. The van der Waals surface area contributed by atoms with Gasteiger partial charge >= 0.3 is 0 Å². The van der Waals surface area contributed by atoms with E-state index in [-0.39, 0.29) is 0 Å². The Balaban J connectivity index is 2.43. The molecule has 0 spiro atoms. The van der Waals surface area contributed by atoms with Crippen molar-refractivity contribution in [3.63, 3.8) is 0 Å². The lowest BCUT2D eigenvalue weighted by atomic mass is 10.1. The lowest BCUT2D eigenvalue weighted by molar-refractivity contribution is 1.22. The van der Waals surface area contributed by atoms with Crippen LogP contribution >= 0.6 is 11.8 Å². The van der Waals surface area contributed by atoms with E-state index in [1.807, 2.05) is 11.8 Å². The monoisotopic (exact) mass is 172 g/mol. The number of benzene rings is 2. The molecule has 3 rings (SSSR count). The molecular weight excluding hydrogens is 164 g/mol. The molecule has 58 valence electrons. The topological polar surface area (TPSA) is 0 Å². The number of hydrogen-bond donors (Lipinski definition) is 0. The average Bonchev–Trinajstić information content (AvgIpc) is 2.09. The third-order valence-corrected chi connectivity index (χ3v) is 3.46. The van der Waals surface area contributed by atoms with E-state index >= 15 is 0 Å². The Hall–Kier alpha value is -0.950. The van der Waals surface area contributed by atoms with Crippen molar-refractivity contribution >= 4 is 22.5 Å². The molecule has 0 fully saturated rings. The van der Waals surface area contributed by atoms with E-state index in [1.165, 1.54) is 27.0 Å². The summed E-state index contributed by atoms with van der Waals surface area (Å²) in [5.74, 6) is 1.19. The van der Waals surface area contributed by atoms with Crippen molar-refractivity contribution < 1.29 is 0 Å². The first kappa shape index (κ1) is 6.55. The molecule has 1 aliphatic heterocycles. The van der Waals surface area contributed by atoms with Gasteiger partial charge in [-0.2, -0.15) is 0 Å². The maximum Gasteiger partial charge on any atom is 0.0243 e. The summed E-state index contributed by atoms with van der Waals surface area (Å²) < 4.78 is 0. The molecule has 0 saturated heterocycles. The van der Waals surface area contributed by atoms with Gasteiger partial charge in [-0.3, -0.25) is 0 Å². The summed E-state index contributed by atoms with van der Waals surface area (Å²) in [4.78, 5) is 1.47. The first-order valence-corrected chi connectivity index (χ1v) is 5.06. The maximum atomic E-state index is 2.31. The van der Waals surface area contributed by atoms with Crippen molar-refractivity contribution in [1.29, 1.82) is 0 Å². The summed E-state index contributed by atoms with van der Waals surface area (Å²) >= 11 is 1.95. The molecule has 0 bridgehead atoms. The highest BCUT2D eigenvalue weighted by Gasteiger charge is 2.13. The molecule has 0 N–H and O–H groups in total. The minimum Gasteiger partial charge on any atom is -0.121 e. The fourth-order valence-electron chi connectivity index (χ4n) is 1.59. The summed E-state index contributed by atoms with van der Waals surface area (Å²) in [5.41, 5.74) is 1.51. The van der Waals surface area contributed by atoms with Gasteiger partial charge in [0.1, 0.15) is 0 Å². The lowest BCUT2D eigenvalue weighted by Crippen LogP contribution is -1.95. The van der Waals surface area contributed by atoms with Gasteiger partial charge in [0.15, 0.2) is 0 Å². The van der Waals surface area contributed by atoms with E-state index in [1.54, 1.807) is 0 Å². The first-order valence-electron chi connectivity index (χ1n) is 4.08. The summed E-state index contributed by atoms with van der Waals surface area (Å²) in [7, 11) is 0. The Morgan fingerprint density at radius 2 is 1.75 bits per heavy atom. The summed E-state index contributed by atoms with van der Waals surface area (Å²) in [6.45, 7) is 0. The van der Waals surface area contributed by atoms with Gasteiger partial charge in [0.25, 0.3) is 0 Å². The van der Waals surface area contributed by atoms with Crippen LogP contribution in [0.15, 0.2) is 41.3 Å². The summed E-state index contributed by atoms with van der Waals surface area (Å²) in [6.07, 6.45) is 0. The highest BCUT2D eigenvalue weighted by atomic mass is 32.2. The van der Waals surface area contributed by atoms with E-state index < -0.39 is 0 Å². The van der Waals surface area contributed by atoms with Gasteiger partial charge in [0, 0.05) is 10.6 Å². The molecule has 1 aliphatic rings. The van der Waals surface area contributed by atoms with Crippen LogP contribution in [0.5, 0.6) is 0 Å². The molecule has 12 heavy (non-hydrogen) atoms. The van der Waals surface area contributed by atoms with Gasteiger partial charge in [0.05, 0.1) is 0 Å². The summed E-state index contributed by atoms with van der Waals surface area (Å²) in [5, 5.41) is 2.74. The standard InChI is InChI=1S/C11H8S/c1-2-4-9-6-11-10(7-12-11)5-8(9)3-1/h1-6H,7H2. The van der Waals surface area contributed by atoms with E-state index in [0.717, 1.165) is 0 Å². The van der Waals surface area contributed by atoms with Gasteiger partial charge in [-0.15, -0.1) is 11.8 Å². The third-order valence-electron chi connectivity index (χ3n) is 2.31. The van der Waals surface area contributed by atoms with Gasteiger partial charge < -0.3 is 0 Å². The van der Waals surface area contributed by atoms with Crippen LogP contribution in [0.4, 0.5) is 0 Å². The molecule has 0 atom stereocenters. The van der Waals surface area contributed by atoms with Crippen LogP contribution in [0.25, 0.3) is 10.8 Å². The van der Waals surface area contributed by atoms with Crippen LogP contribution in [-0.2, 0) is 5.75 Å². The number of thioether (sulfide) groups is 1. The molecule has 0 nitrogen and oxygen atoms in total. The van der Waals surface area contributed by atoms with Crippen LogP contribution in [0, 0.1) is 0 Å². The van der Waals surface area contributed by atoms with Crippen molar-refractivity contribution in [3.8, 4) is 0 Å². The van der Waals surface area contributed by atoms with Crippen molar-refractivity contribution in [2.24, 2.45) is 0 Å². The van der Waals surface area contributed by atoms with Gasteiger partial charge in [-0.25, -0.2) is 0 Å². The smallest absolute Gasteiger partial charge is 0.0243 e. The van der Waals surface area contributed by atoms with Crippen LogP contribution in [0.3, 0.4) is 0 Å². The highest BCUT2D eigenvalue weighted by molar-refractivity contribution is 8.00. The zero-order valence-corrected chi connectivity index (χ0v) is 7.40. The van der Waals surface area contributed by atoms with Gasteiger partial charge in [-0.1, -0.05) is 24.3 Å². The Kier molecular flexibility index (Phi) is 1.24. The van der Waals surface area contributed by atoms with E-state index in [4.69, 9.17) is 0 Å². The Bertz CT molecular complexity index is 403. The normalized spacial score (nSPS) is 14.0. The minimum atomic E-state index is 1.19. The van der Waals surface area contributed by atoms with Crippen molar-refractivity contribution in [2.75, 3.05) is 0 Å². The van der Waals surface area contributed by atoms with Gasteiger partial charge in [0.2, 0.25) is 0 Å². The largest absolute Gasteiger partial charge is 0.121 e. The van der Waals surface area contributed by atoms with Crippen molar-refractivity contribution in [1.82, 2.24) is 0 Å². The van der Waals surface area contributed by atoms with Crippen molar-refractivity contribution in [2.45, 2.75) is 10.6 Å². The molecule has 0 aromatic heterocycles. The molecule has 1 heterocycles. The molecule has 0 saturated carbocycles. The second-order valence-electron chi connectivity index (χ2n) is 3.10. The number of rotatable bonds is 0. The molecule has 0 amide bonds. The molecule has 2 aromatic carbocycles. The van der Waals surface area contributed by atoms with Crippen LogP contribution in [0.2, 0.25) is 0 Å². The molecule has 1 heteroatoms. The zero-order valence-electron chi connectivity index (χ0n) is 6.58. The second kappa shape index (κ2) is 2.27. The Morgan fingerprint density at radius 3 is 2.42 bits per heavy atom. The van der Waals surface area contributed by atoms with E-state index in [2.05, 4.69) is 36.4 Å². The molecule has 0 unspecified atom stereocenters. The number of fused-ring (bicyclic) bond motifs is 2. The average molecular weight is 172 g/mol. The third kappa shape index (κ3) is 0.802. The Labute approximate surface area is 75.6 Å². The summed E-state index contributed by atoms with van der Waals surface area (Å²) in [6, 6.07) is 13.1. The molecular formula is C11H8S. The van der Waals surface area contributed by atoms with Crippen LogP contribution in [0.1, 0.15) is 5.56 Å². The van der Waals surface area contributed by atoms with Crippen LogP contribution < -0.4 is 0 Å². The highest BCUT2D eigenvalue weighted by Crippen LogP contribution is 2.39. The second-order valence-corrected chi connectivity index (χ2v) is 4.11. The van der Waals surface area contributed by atoms with E-state index in [0.29, 0.717) is 0 Å². The minimum absolute atomic E-state index is 1.19. The molecule has 0 aliphatic carbocycles. The predicted molar refractivity (Wildman–Crippen MR) is 53.5 cm³/mol. The van der Waals surface area contributed by atoms with Crippen LogP contribution in [-0.4, -0.2) is 0 Å². The molecule has 2 aromatic rings. The molecule has 0 radical (unpaired) electrons. The quantitative estimate of drug-likeness (QED) is 0.586. The van der Waals surface area contributed by atoms with Crippen molar-refractivity contribution in [3.05, 3.63) is 42.0 Å².